The zero-order valence-corrected chi connectivity index (χ0v) is 22.2. The summed E-state index contributed by atoms with van der Waals surface area (Å²) < 4.78 is 8.34. The number of hydrogen-bond acceptors (Lipinski definition) is 7. The summed E-state index contributed by atoms with van der Waals surface area (Å²) in [6.07, 6.45) is 7.75. The summed E-state index contributed by atoms with van der Waals surface area (Å²) >= 11 is 0.300. The maximum atomic E-state index is 9.28. The van der Waals surface area contributed by atoms with Gasteiger partial charge in [-0.25, -0.2) is 58.9 Å². The molecular formula is C23H39O7Zr-5. The van der Waals surface area contributed by atoms with Gasteiger partial charge in [0.25, 0.3) is 0 Å². The van der Waals surface area contributed by atoms with E-state index in [4.69, 9.17) is 18.4 Å². The van der Waals surface area contributed by atoms with Crippen molar-refractivity contribution < 1.29 is 57.5 Å². The molecule has 0 heterocycles. The van der Waals surface area contributed by atoms with Gasteiger partial charge in [0, 0.05) is 6.61 Å². The molecule has 0 fully saturated rings. The van der Waals surface area contributed by atoms with E-state index in [9.17, 15) is 14.4 Å². The topological polar surface area (TPSA) is 129 Å². The summed E-state index contributed by atoms with van der Waals surface area (Å²) in [4.78, 5) is 27.8. The molecule has 0 saturated carbocycles. The maximum absolute atomic E-state index is 9.28. The third-order valence-electron chi connectivity index (χ3n) is 0.997. The van der Waals surface area contributed by atoms with Crippen LogP contribution < -0.4 is 0 Å². The molecule has 0 saturated heterocycles. The summed E-state index contributed by atoms with van der Waals surface area (Å²) in [6.45, 7) is 33.8. The molecule has 8 heteroatoms. The molecule has 0 radical (unpaired) electrons. The van der Waals surface area contributed by atoms with Gasteiger partial charge in [0.1, 0.15) is 0 Å². The first-order chi connectivity index (χ1) is 14.2. The van der Waals surface area contributed by atoms with Crippen molar-refractivity contribution in [2.24, 2.45) is 5.41 Å². The van der Waals surface area contributed by atoms with Crippen LogP contribution in [-0.2, 0) is 41.9 Å². The van der Waals surface area contributed by atoms with Gasteiger partial charge in [0.2, 0.25) is 0 Å². The van der Waals surface area contributed by atoms with Crippen LogP contribution >= 0.6 is 0 Å². The predicted octanol–water partition coefficient (Wildman–Crippen LogP) is 4.95. The molecule has 0 aromatic carbocycles. The number of aliphatic hydroxyl groups is 1. The van der Waals surface area contributed by atoms with Crippen LogP contribution in [0.5, 0.6) is 0 Å². The van der Waals surface area contributed by atoms with E-state index in [1.165, 1.54) is 12.2 Å². The van der Waals surface area contributed by atoms with Gasteiger partial charge in [0.05, 0.1) is 0 Å². The van der Waals surface area contributed by atoms with E-state index >= 15 is 0 Å². The van der Waals surface area contributed by atoms with Gasteiger partial charge in [0.15, 0.2) is 0 Å². The Morgan fingerprint density at radius 3 is 0.871 bits per heavy atom. The van der Waals surface area contributed by atoms with Gasteiger partial charge in [-0.1, -0.05) is 41.5 Å². The quantitative estimate of drug-likeness (QED) is 0.209. The fraction of sp³-hybridized carbons (Fsp3) is 0.348. The monoisotopic (exact) mass is 517 g/mol. The van der Waals surface area contributed by atoms with Crippen LogP contribution in [0.3, 0.4) is 0 Å². The fourth-order valence-electron chi connectivity index (χ4n) is 0. The first-order valence-corrected chi connectivity index (χ1v) is 9.13. The minimum absolute atomic E-state index is 0.0972. The minimum atomic E-state index is 0.0972. The van der Waals surface area contributed by atoms with E-state index in [0.29, 0.717) is 41.4 Å². The first-order valence-electron chi connectivity index (χ1n) is 8.13. The second-order valence-electron chi connectivity index (χ2n) is 5.94. The first kappa shape index (κ1) is 51.6. The molecule has 0 spiro atoms. The van der Waals surface area contributed by atoms with E-state index < -0.39 is 0 Å². The van der Waals surface area contributed by atoms with Gasteiger partial charge in [-0.05, 0) is 24.3 Å². The predicted molar refractivity (Wildman–Crippen MR) is 125 cm³/mol. The Kier molecular flexibility index (Phi) is 94.1. The molecule has 182 valence electrons. The molecule has 0 unspecified atom stereocenters. The van der Waals surface area contributed by atoms with Crippen molar-refractivity contribution in [1.82, 2.24) is 0 Å². The Morgan fingerprint density at radius 1 is 0.806 bits per heavy atom. The van der Waals surface area contributed by atoms with Crippen LogP contribution in [0.15, 0.2) is 61.8 Å². The second-order valence-corrected chi connectivity index (χ2v) is 5.94. The number of rotatable bonds is 3. The van der Waals surface area contributed by atoms with E-state index in [0.717, 1.165) is 0 Å². The molecule has 0 aromatic heterocycles. The van der Waals surface area contributed by atoms with Crippen molar-refractivity contribution in [3.8, 4) is 0 Å². The molecule has 0 rings (SSSR count). The van der Waals surface area contributed by atoms with Crippen LogP contribution in [-0.4, -0.2) is 41.1 Å². The molecule has 0 amide bonds. The molecule has 31 heavy (non-hydrogen) atoms. The van der Waals surface area contributed by atoms with Crippen LogP contribution in [0.1, 0.15) is 41.5 Å². The fourth-order valence-corrected chi connectivity index (χ4v) is 0. The van der Waals surface area contributed by atoms with Crippen molar-refractivity contribution in [1.29, 1.82) is 0 Å². The number of carbonyl (C=O) groups excluding carboxylic acids is 3. The normalized spacial score (nSPS) is 6.58. The molecular weight excluding hydrogens is 479 g/mol. The average molecular weight is 519 g/mol. The van der Waals surface area contributed by atoms with E-state index in [-0.39, 0.29) is 12.0 Å². The van der Waals surface area contributed by atoms with E-state index in [2.05, 4.69) is 46.7 Å². The molecule has 3 N–H and O–H groups in total. The summed E-state index contributed by atoms with van der Waals surface area (Å²) in [6, 6.07) is 0. The second kappa shape index (κ2) is 56.5. The molecule has 0 aromatic rings. The molecule has 0 aliphatic carbocycles. The average Bonchev–Trinajstić information content (AvgIpc) is 2.72. The Bertz CT molecular complexity index is 389. The summed E-state index contributed by atoms with van der Waals surface area (Å²) in [5.41, 5.74) is 1.44. The molecule has 0 aliphatic heterocycles. The third kappa shape index (κ3) is 385. The summed E-state index contributed by atoms with van der Waals surface area (Å²) in [5, 5.41) is 20.4. The molecule has 0 bridgehead atoms. The number of allylic oxidation sites excluding steroid dienone is 5. The Labute approximate surface area is 205 Å². The zero-order valence-electron chi connectivity index (χ0n) is 19.8. The molecule has 0 atom stereocenters. The van der Waals surface area contributed by atoms with E-state index in [1.807, 2.05) is 20.8 Å². The van der Waals surface area contributed by atoms with Crippen molar-refractivity contribution >= 4 is 18.9 Å². The van der Waals surface area contributed by atoms with Crippen molar-refractivity contribution in [2.45, 2.75) is 41.5 Å². The van der Waals surface area contributed by atoms with Crippen LogP contribution in [0, 0.1) is 19.3 Å². The van der Waals surface area contributed by atoms with Crippen molar-refractivity contribution in [2.75, 3.05) is 6.61 Å². The van der Waals surface area contributed by atoms with Crippen molar-refractivity contribution in [3.05, 3.63) is 75.6 Å². The summed E-state index contributed by atoms with van der Waals surface area (Å²) in [7, 11) is 0. The Morgan fingerprint density at radius 2 is 0.871 bits per heavy atom. The van der Waals surface area contributed by atoms with Gasteiger partial charge >= 0.3 is 27.5 Å². The van der Waals surface area contributed by atoms with Crippen LogP contribution in [0.2, 0.25) is 0 Å². The van der Waals surface area contributed by atoms with Crippen molar-refractivity contribution in [3.63, 3.8) is 0 Å². The van der Waals surface area contributed by atoms with Gasteiger partial charge in [-0.2, -0.15) is 16.7 Å². The Hall–Kier alpha value is -1.99. The van der Waals surface area contributed by atoms with E-state index in [1.54, 1.807) is 39.6 Å². The number of hydrogen-bond donors (Lipinski definition) is 3. The van der Waals surface area contributed by atoms with Gasteiger partial charge < -0.3 is 19.5 Å². The van der Waals surface area contributed by atoms with Crippen LogP contribution in [0.4, 0.5) is 0 Å². The zero-order chi connectivity index (χ0) is 27.5. The SMILES string of the molecule is C=C(C)[C-]=O.C=C(C)[C-]=O.C=C(C)[C-]=O.C=C[CH2-].C=C[CH2-].CC(C)(C)CO.OO.[O]=[Zr]. The molecule has 0 aliphatic rings. The van der Waals surface area contributed by atoms with Gasteiger partial charge in [-0.15, -0.1) is 0 Å². The van der Waals surface area contributed by atoms with Gasteiger partial charge in [-0.3, -0.25) is 10.5 Å². The molecule has 7 nitrogen and oxygen atoms in total. The standard InChI is InChI=1S/C5H12O.3C4H5O.2C3H5.H2O2.O.Zr/c1-5(2,3)4-6;3*1-4(2)3-5;2*1-3-2;1-2;;/h6H,4H2,1-3H3;3*1H2,2H3;2*3H,1-2H2;1-2H;;/q;5*-1;;;. The Balaban J connectivity index is -0.0000000335. The third-order valence-corrected chi connectivity index (χ3v) is 0.997. The summed E-state index contributed by atoms with van der Waals surface area (Å²) in [5.74, 6) is 0. The van der Waals surface area contributed by atoms with Crippen LogP contribution in [0.25, 0.3) is 0 Å². The number of aliphatic hydroxyl groups excluding tert-OH is 1.